The molecular weight excluding hydrogens is 672 g/mol. The van der Waals surface area contributed by atoms with Gasteiger partial charge in [-0.3, -0.25) is 4.79 Å². The lowest BCUT2D eigenvalue weighted by Gasteiger charge is -2.29. The van der Waals surface area contributed by atoms with Crippen LogP contribution in [0, 0.1) is 24.1 Å². The van der Waals surface area contributed by atoms with Crippen LogP contribution in [0.5, 0.6) is 11.5 Å². The Morgan fingerprint density at radius 3 is 2.48 bits per heavy atom. The van der Waals surface area contributed by atoms with Crippen molar-refractivity contribution in [3.8, 4) is 11.5 Å². The fourth-order valence-corrected chi connectivity index (χ4v) is 6.62. The highest BCUT2D eigenvalue weighted by Crippen LogP contribution is 2.45. The van der Waals surface area contributed by atoms with Crippen molar-refractivity contribution in [1.82, 2.24) is 4.90 Å². The maximum absolute atomic E-state index is 15.1. The maximum Gasteiger partial charge on any atom is 0.262 e. The van der Waals surface area contributed by atoms with Crippen molar-refractivity contribution in [1.29, 1.82) is 5.41 Å². The number of ether oxygens (including phenoxy) is 2. The summed E-state index contributed by atoms with van der Waals surface area (Å²) in [4.78, 5) is 19.3. The zero-order valence-electron chi connectivity index (χ0n) is 29.7. The summed E-state index contributed by atoms with van der Waals surface area (Å²) in [6.07, 6.45) is 10.3. The SMILES string of the molecule is C=CC(=O)CC(=C)CCN(CCC)C1=NC(O[C@H](CC)C(CC)CC(=C)C)=C=Cc2c1cc(Cl)c(C)c2Oc1c(Cl)c(F)cc2c1C=CC2=N. The zero-order valence-corrected chi connectivity index (χ0v) is 31.2. The Balaban J connectivity index is 1.91. The third-order valence-electron chi connectivity index (χ3n) is 8.93. The molecule has 0 spiro atoms. The Kier molecular flexibility index (Phi) is 13.3. The molecule has 0 bridgehead atoms. The lowest BCUT2D eigenvalue weighted by atomic mass is 9.91. The predicted octanol–water partition coefficient (Wildman–Crippen LogP) is 11.4. The van der Waals surface area contributed by atoms with Gasteiger partial charge in [-0.25, -0.2) is 4.39 Å². The topological polar surface area (TPSA) is 75.0 Å². The molecule has 50 heavy (non-hydrogen) atoms. The summed E-state index contributed by atoms with van der Waals surface area (Å²) in [6, 6.07) is 3.09. The van der Waals surface area contributed by atoms with Crippen LogP contribution < -0.4 is 4.74 Å². The molecular formula is C41H46Cl2FN3O3. The highest BCUT2D eigenvalue weighted by Gasteiger charge is 2.29. The second kappa shape index (κ2) is 17.2. The van der Waals surface area contributed by atoms with Gasteiger partial charge in [0.25, 0.3) is 5.88 Å². The third-order valence-corrected chi connectivity index (χ3v) is 9.67. The minimum absolute atomic E-state index is 0.0839. The number of amidine groups is 1. The van der Waals surface area contributed by atoms with E-state index in [1.165, 1.54) is 12.1 Å². The number of carbonyl (C=O) groups excluding carboxylic acids is 1. The summed E-state index contributed by atoms with van der Waals surface area (Å²) in [7, 11) is 0. The molecule has 6 nitrogen and oxygen atoms in total. The summed E-state index contributed by atoms with van der Waals surface area (Å²) in [5.74, 6) is 0.803. The molecule has 2 aliphatic rings. The number of rotatable bonds is 17. The second-order valence-electron chi connectivity index (χ2n) is 12.8. The Morgan fingerprint density at radius 2 is 1.84 bits per heavy atom. The van der Waals surface area contributed by atoms with E-state index in [1.54, 1.807) is 18.2 Å². The van der Waals surface area contributed by atoms with E-state index in [1.807, 2.05) is 19.9 Å². The summed E-state index contributed by atoms with van der Waals surface area (Å²) in [6.45, 7) is 23.2. The molecule has 1 aliphatic carbocycles. The number of carbonyl (C=O) groups is 1. The number of hydrogen-bond donors (Lipinski definition) is 1. The van der Waals surface area contributed by atoms with Crippen LogP contribution in [-0.2, 0) is 9.53 Å². The van der Waals surface area contributed by atoms with Gasteiger partial charge in [0.2, 0.25) is 0 Å². The van der Waals surface area contributed by atoms with Crippen molar-refractivity contribution < 1.29 is 18.7 Å². The third kappa shape index (κ3) is 8.76. The van der Waals surface area contributed by atoms with Gasteiger partial charge in [0.1, 0.15) is 28.5 Å². The zero-order chi connectivity index (χ0) is 36.7. The quantitative estimate of drug-likeness (QED) is 0.100. The van der Waals surface area contributed by atoms with Crippen LogP contribution >= 0.6 is 23.2 Å². The average molecular weight is 719 g/mol. The summed E-state index contributed by atoms with van der Waals surface area (Å²) in [5.41, 5.74) is 8.11. The number of halogens is 3. The molecule has 0 radical (unpaired) electrons. The van der Waals surface area contributed by atoms with Gasteiger partial charge in [-0.05, 0) is 88.3 Å². The van der Waals surface area contributed by atoms with Gasteiger partial charge in [-0.2, -0.15) is 4.99 Å². The Morgan fingerprint density at radius 1 is 1.10 bits per heavy atom. The van der Waals surface area contributed by atoms with Crippen LogP contribution in [0.2, 0.25) is 10.0 Å². The van der Waals surface area contributed by atoms with Crippen LogP contribution in [0.1, 0.15) is 94.0 Å². The normalized spacial score (nSPS) is 14.2. The molecule has 2 aromatic carbocycles. The number of hydrogen-bond acceptors (Lipinski definition) is 6. The molecule has 1 aliphatic heterocycles. The van der Waals surface area contributed by atoms with E-state index in [4.69, 9.17) is 43.1 Å². The van der Waals surface area contributed by atoms with Gasteiger partial charge in [0.05, 0.1) is 5.71 Å². The van der Waals surface area contributed by atoms with Gasteiger partial charge < -0.3 is 19.8 Å². The van der Waals surface area contributed by atoms with E-state index in [2.05, 4.69) is 51.1 Å². The molecule has 0 amide bonds. The van der Waals surface area contributed by atoms with Gasteiger partial charge in [-0.15, -0.1) is 6.58 Å². The second-order valence-corrected chi connectivity index (χ2v) is 13.6. The summed E-state index contributed by atoms with van der Waals surface area (Å²) < 4.78 is 28.3. The molecule has 9 heteroatoms. The first-order valence-corrected chi connectivity index (χ1v) is 17.8. The number of allylic oxidation sites excluding steroid dienone is 3. The van der Waals surface area contributed by atoms with E-state index in [9.17, 15) is 4.79 Å². The average Bonchev–Trinajstić information content (AvgIpc) is 3.35. The molecule has 1 heterocycles. The van der Waals surface area contributed by atoms with Crippen molar-refractivity contribution in [3.05, 3.63) is 110 Å². The molecule has 2 atom stereocenters. The number of benzene rings is 2. The highest BCUT2D eigenvalue weighted by atomic mass is 35.5. The molecule has 1 unspecified atom stereocenters. The molecule has 0 saturated heterocycles. The van der Waals surface area contributed by atoms with E-state index >= 15 is 4.39 Å². The molecule has 264 valence electrons. The van der Waals surface area contributed by atoms with Gasteiger partial charge >= 0.3 is 0 Å². The largest absolute Gasteiger partial charge is 0.468 e. The highest BCUT2D eigenvalue weighted by molar-refractivity contribution is 6.33. The van der Waals surface area contributed by atoms with Crippen molar-refractivity contribution >= 4 is 52.7 Å². The molecule has 0 saturated carbocycles. The van der Waals surface area contributed by atoms with E-state index in [0.717, 1.165) is 36.8 Å². The molecule has 2 aromatic rings. The summed E-state index contributed by atoms with van der Waals surface area (Å²) >= 11 is 13.5. The lowest BCUT2D eigenvalue weighted by molar-refractivity contribution is -0.114. The summed E-state index contributed by atoms with van der Waals surface area (Å²) in [5, 5.41) is 8.49. The van der Waals surface area contributed by atoms with Gasteiger partial charge in [0.15, 0.2) is 11.5 Å². The standard InChI is InChI=1S/C41H46Cl2FN3O3/c1-9-18-47(19-17-25(7)21-28(48)11-3)41-32-22-33(42)26(8)39(50-40-29-13-15-35(45)31(29)23-34(44)38(40)43)30(32)14-16-37(46-41)49-36(12-4)27(10-2)20-24(5)6/h11,13-15,22-23,27,36,45H,3,5,7,9-10,12,17-21H2,1-2,4,6,8H3/t27?,36-/m1/s1. The maximum atomic E-state index is 15.1. The Labute approximate surface area is 305 Å². The molecule has 0 fully saturated rings. The number of nitrogens with zero attached hydrogens (tertiary/aromatic N) is 2. The fraction of sp³-hybridized carbons (Fsp3) is 0.366. The van der Waals surface area contributed by atoms with Crippen molar-refractivity contribution in [3.63, 3.8) is 0 Å². The Bertz CT molecular complexity index is 1850. The van der Waals surface area contributed by atoms with E-state index in [0.29, 0.717) is 69.8 Å². The van der Waals surface area contributed by atoms with Crippen LogP contribution in [0.15, 0.2) is 71.8 Å². The van der Waals surface area contributed by atoms with Crippen LogP contribution in [0.4, 0.5) is 4.39 Å². The molecule has 4 rings (SSSR count). The molecule has 1 N–H and O–H groups in total. The number of nitrogens with one attached hydrogen (secondary N) is 1. The van der Waals surface area contributed by atoms with Crippen LogP contribution in [-0.4, -0.2) is 41.4 Å². The van der Waals surface area contributed by atoms with Gasteiger partial charge in [0, 0.05) is 52.4 Å². The molecule has 0 aromatic heterocycles. The van der Waals surface area contributed by atoms with Crippen LogP contribution in [0.3, 0.4) is 0 Å². The predicted molar refractivity (Wildman–Crippen MR) is 205 cm³/mol. The number of ketones is 1. The minimum Gasteiger partial charge on any atom is -0.468 e. The van der Waals surface area contributed by atoms with E-state index < -0.39 is 5.82 Å². The van der Waals surface area contributed by atoms with Crippen molar-refractivity contribution in [2.24, 2.45) is 10.9 Å². The fourth-order valence-electron chi connectivity index (χ4n) is 6.23. The van der Waals surface area contributed by atoms with Crippen molar-refractivity contribution in [2.75, 3.05) is 13.1 Å². The number of fused-ring (bicyclic) bond motifs is 2. The van der Waals surface area contributed by atoms with Crippen molar-refractivity contribution in [2.45, 2.75) is 79.2 Å². The monoisotopic (exact) mass is 717 g/mol. The smallest absolute Gasteiger partial charge is 0.262 e. The number of aliphatic imine (C=N–C) groups is 1. The first-order chi connectivity index (χ1) is 23.8. The first-order valence-electron chi connectivity index (χ1n) is 17.1. The van der Waals surface area contributed by atoms with Crippen LogP contribution in [0.25, 0.3) is 12.2 Å². The lowest BCUT2D eigenvalue weighted by Crippen LogP contribution is -2.34. The Hall–Kier alpha value is -4.16. The van der Waals surface area contributed by atoms with Gasteiger partial charge in [-0.1, -0.05) is 74.0 Å². The minimum atomic E-state index is -0.692. The van der Waals surface area contributed by atoms with E-state index in [-0.39, 0.29) is 40.7 Å². The first kappa shape index (κ1) is 38.6.